The molecule has 0 unspecified atom stereocenters. The highest BCUT2D eigenvalue weighted by molar-refractivity contribution is 5.59. The molecule has 2 saturated carbocycles. The summed E-state index contributed by atoms with van der Waals surface area (Å²) in [5.74, 6) is 12.1. The summed E-state index contributed by atoms with van der Waals surface area (Å²) < 4.78 is 31.5. The molecule has 162 valence electrons. The summed E-state index contributed by atoms with van der Waals surface area (Å²) in [6.07, 6.45) is 5.57. The van der Waals surface area contributed by atoms with Crippen molar-refractivity contribution >= 4 is 5.70 Å². The van der Waals surface area contributed by atoms with Gasteiger partial charge in [0.15, 0.2) is 6.29 Å². The van der Waals surface area contributed by atoms with Gasteiger partial charge in [0.2, 0.25) is 0 Å². The summed E-state index contributed by atoms with van der Waals surface area (Å²) in [5, 5.41) is 9.16. The Morgan fingerprint density at radius 3 is 2.71 bits per heavy atom. The van der Waals surface area contributed by atoms with Crippen molar-refractivity contribution in [3.05, 3.63) is 41.7 Å². The molecule has 0 radical (unpaired) electrons. The monoisotopic (exact) mass is 425 g/mol. The average molecular weight is 425 g/mol. The second-order valence-corrected chi connectivity index (χ2v) is 8.48. The van der Waals surface area contributed by atoms with Crippen molar-refractivity contribution in [1.29, 1.82) is 0 Å². The quantitative estimate of drug-likeness (QED) is 0.426. The molecular weight excluding hydrogens is 401 g/mol. The molecule has 2 heterocycles. The zero-order valence-corrected chi connectivity index (χ0v) is 17.0. The van der Waals surface area contributed by atoms with Gasteiger partial charge in [-0.1, -0.05) is 11.8 Å². The van der Waals surface area contributed by atoms with Crippen molar-refractivity contribution in [3.8, 4) is 23.3 Å². The van der Waals surface area contributed by atoms with Gasteiger partial charge < -0.3 is 24.6 Å². The molecule has 5 rings (SSSR count). The molecule has 3 aliphatic rings. The molecule has 0 bridgehead atoms. The third-order valence-electron chi connectivity index (χ3n) is 5.64. The predicted molar refractivity (Wildman–Crippen MR) is 110 cm³/mol. The van der Waals surface area contributed by atoms with E-state index in [1.807, 2.05) is 0 Å². The maximum Gasteiger partial charge on any atom is 0.265 e. The van der Waals surface area contributed by atoms with Gasteiger partial charge in [-0.25, -0.2) is 10.2 Å². The summed E-state index contributed by atoms with van der Waals surface area (Å²) >= 11 is 0. The van der Waals surface area contributed by atoms with E-state index in [0.717, 1.165) is 25.7 Å². The van der Waals surface area contributed by atoms with Gasteiger partial charge in [-0.15, -0.1) is 10.2 Å². The molecule has 9 heteroatoms. The number of nitrogens with two attached hydrogens (primary N) is 2. The van der Waals surface area contributed by atoms with E-state index in [0.29, 0.717) is 31.2 Å². The number of nitrogens with zero attached hydrogens (tertiary/aromatic N) is 3. The predicted octanol–water partition coefficient (Wildman–Crippen LogP) is 2.22. The van der Waals surface area contributed by atoms with Crippen LogP contribution in [-0.4, -0.2) is 41.3 Å². The first-order valence-electron chi connectivity index (χ1n) is 10.4. The standard InChI is InChI=1S/C22H24FN5O3/c23-17-9-15(4-3-14-1-2-14)5-6-16(17)20-26-27-21(31-20)18(24)10-28(25)11-19-29-12-22(7-8-22)13-30-19/h5-6,9-10,14,19H,1-2,7-8,11-13,24-25H2/b18-10-. The van der Waals surface area contributed by atoms with Gasteiger partial charge in [-0.3, -0.25) is 0 Å². The third-order valence-corrected chi connectivity index (χ3v) is 5.64. The lowest BCUT2D eigenvalue weighted by Crippen LogP contribution is -2.42. The summed E-state index contributed by atoms with van der Waals surface area (Å²) in [7, 11) is 0. The van der Waals surface area contributed by atoms with Crippen molar-refractivity contribution < 1.29 is 18.3 Å². The number of benzene rings is 1. The molecule has 0 atom stereocenters. The minimum atomic E-state index is -0.485. The number of hydrogen-bond donors (Lipinski definition) is 2. The van der Waals surface area contributed by atoms with Crippen LogP contribution >= 0.6 is 0 Å². The molecule has 2 aliphatic carbocycles. The van der Waals surface area contributed by atoms with Crippen LogP contribution in [0.15, 0.2) is 28.8 Å². The molecule has 3 fully saturated rings. The van der Waals surface area contributed by atoms with Crippen molar-refractivity contribution in [2.24, 2.45) is 22.9 Å². The van der Waals surface area contributed by atoms with Gasteiger partial charge in [0.25, 0.3) is 11.8 Å². The van der Waals surface area contributed by atoms with E-state index in [-0.39, 0.29) is 28.5 Å². The second kappa shape index (κ2) is 7.96. The highest BCUT2D eigenvalue weighted by Gasteiger charge is 2.47. The van der Waals surface area contributed by atoms with Gasteiger partial charge in [0.1, 0.15) is 11.5 Å². The second-order valence-electron chi connectivity index (χ2n) is 8.48. The van der Waals surface area contributed by atoms with Crippen LogP contribution in [0.1, 0.15) is 37.1 Å². The molecule has 8 nitrogen and oxygen atoms in total. The first-order valence-corrected chi connectivity index (χ1v) is 10.4. The first kappa shape index (κ1) is 20.0. The molecular formula is C22H24FN5O3. The third kappa shape index (κ3) is 4.71. The zero-order chi connectivity index (χ0) is 21.4. The van der Waals surface area contributed by atoms with Gasteiger partial charge in [0, 0.05) is 23.1 Å². The molecule has 0 amide bonds. The van der Waals surface area contributed by atoms with Gasteiger partial charge in [-0.2, -0.15) is 0 Å². The van der Waals surface area contributed by atoms with Crippen molar-refractivity contribution in [3.63, 3.8) is 0 Å². The lowest BCUT2D eigenvalue weighted by Gasteiger charge is -2.31. The Morgan fingerprint density at radius 2 is 2.03 bits per heavy atom. The molecule has 1 aromatic carbocycles. The number of ether oxygens (including phenoxy) is 2. The van der Waals surface area contributed by atoms with Crippen LogP contribution in [0.25, 0.3) is 17.2 Å². The Kier molecular flexibility index (Phi) is 5.14. The highest BCUT2D eigenvalue weighted by Crippen LogP contribution is 2.48. The summed E-state index contributed by atoms with van der Waals surface area (Å²) in [5.41, 5.74) is 7.21. The van der Waals surface area contributed by atoms with E-state index in [4.69, 9.17) is 25.5 Å². The summed E-state index contributed by atoms with van der Waals surface area (Å²) in [6.45, 7) is 1.68. The lowest BCUT2D eigenvalue weighted by molar-refractivity contribution is -0.211. The fourth-order valence-corrected chi connectivity index (χ4v) is 3.29. The zero-order valence-electron chi connectivity index (χ0n) is 17.0. The number of hydrazine groups is 1. The fourth-order valence-electron chi connectivity index (χ4n) is 3.29. The van der Waals surface area contributed by atoms with E-state index in [1.165, 1.54) is 17.3 Å². The van der Waals surface area contributed by atoms with Crippen LogP contribution in [0.3, 0.4) is 0 Å². The number of aromatic nitrogens is 2. The normalized spacial score (nSPS) is 20.4. The molecule has 4 N–H and O–H groups in total. The Balaban J connectivity index is 1.22. The molecule has 1 spiro atoms. The number of hydrogen-bond acceptors (Lipinski definition) is 8. The molecule has 2 aromatic rings. The Labute approximate surface area is 179 Å². The summed E-state index contributed by atoms with van der Waals surface area (Å²) in [6, 6.07) is 4.67. The lowest BCUT2D eigenvalue weighted by atomic mass is 10.1. The average Bonchev–Trinajstić information content (AvgIpc) is 3.67. The molecule has 1 aromatic heterocycles. The van der Waals surface area contributed by atoms with Crippen molar-refractivity contribution in [1.82, 2.24) is 15.2 Å². The van der Waals surface area contributed by atoms with E-state index in [9.17, 15) is 4.39 Å². The van der Waals surface area contributed by atoms with E-state index < -0.39 is 12.1 Å². The number of rotatable bonds is 5. The van der Waals surface area contributed by atoms with Crippen molar-refractivity contribution in [2.45, 2.75) is 32.0 Å². The minimum Gasteiger partial charge on any atom is -0.415 e. The Morgan fingerprint density at radius 1 is 1.26 bits per heavy atom. The molecule has 31 heavy (non-hydrogen) atoms. The largest absolute Gasteiger partial charge is 0.415 e. The molecule has 1 aliphatic heterocycles. The fraction of sp³-hybridized carbons (Fsp3) is 0.455. The topological polar surface area (TPSA) is 113 Å². The van der Waals surface area contributed by atoms with E-state index >= 15 is 0 Å². The summed E-state index contributed by atoms with van der Waals surface area (Å²) in [4.78, 5) is 0. The number of halogens is 1. The maximum absolute atomic E-state index is 14.5. The van der Waals surface area contributed by atoms with Crippen molar-refractivity contribution in [2.75, 3.05) is 19.8 Å². The van der Waals surface area contributed by atoms with E-state index in [2.05, 4.69) is 22.0 Å². The Bertz CT molecular complexity index is 1050. The first-order chi connectivity index (χ1) is 15.0. The van der Waals surface area contributed by atoms with Crippen LogP contribution in [0.4, 0.5) is 4.39 Å². The van der Waals surface area contributed by atoms with Gasteiger partial charge >= 0.3 is 0 Å². The van der Waals surface area contributed by atoms with Crippen LogP contribution in [0.2, 0.25) is 0 Å². The van der Waals surface area contributed by atoms with Gasteiger partial charge in [0.05, 0.1) is 25.3 Å². The SMILES string of the molecule is N/C(=C\N(N)CC1OCC2(CC2)CO1)c1nnc(-c2ccc(C#CC3CC3)cc2F)o1. The Hall–Kier alpha value is -2.93. The molecule has 1 saturated heterocycles. The van der Waals surface area contributed by atoms with E-state index in [1.54, 1.807) is 12.1 Å². The highest BCUT2D eigenvalue weighted by atomic mass is 19.1. The minimum absolute atomic E-state index is 0.0304. The van der Waals surface area contributed by atoms with Crippen LogP contribution in [-0.2, 0) is 9.47 Å². The van der Waals surface area contributed by atoms with Gasteiger partial charge in [-0.05, 0) is 43.9 Å². The van der Waals surface area contributed by atoms with Crippen LogP contribution < -0.4 is 11.6 Å². The van der Waals surface area contributed by atoms with Crippen LogP contribution in [0.5, 0.6) is 0 Å². The maximum atomic E-state index is 14.5. The smallest absolute Gasteiger partial charge is 0.265 e. The van der Waals surface area contributed by atoms with Crippen LogP contribution in [0, 0.1) is 29.0 Å².